The first-order chi connectivity index (χ1) is 8.85. The molecule has 0 unspecified atom stereocenters. The molecular weight excluding hydrogens is 246 g/mol. The van der Waals surface area contributed by atoms with E-state index >= 15 is 0 Å². The standard InChI is InChI=1S/C14H19NO2S/c1-17-9-7-15(6-8-16)10-12-11-18-14-5-3-2-4-13(12)14/h2-5,11,16H,6-10H2,1H3. The van der Waals surface area contributed by atoms with E-state index in [1.165, 1.54) is 15.6 Å². The van der Waals surface area contributed by atoms with Crippen molar-refractivity contribution in [3.8, 4) is 0 Å². The molecule has 0 aliphatic heterocycles. The molecule has 1 aromatic carbocycles. The van der Waals surface area contributed by atoms with Crippen LogP contribution in [0.15, 0.2) is 29.6 Å². The van der Waals surface area contributed by atoms with Gasteiger partial charge in [0.15, 0.2) is 0 Å². The molecule has 1 heterocycles. The van der Waals surface area contributed by atoms with Crippen LogP contribution < -0.4 is 0 Å². The molecule has 1 N–H and O–H groups in total. The van der Waals surface area contributed by atoms with Crippen LogP contribution in [0.3, 0.4) is 0 Å². The van der Waals surface area contributed by atoms with Gasteiger partial charge < -0.3 is 9.84 Å². The van der Waals surface area contributed by atoms with Gasteiger partial charge in [-0.05, 0) is 22.4 Å². The van der Waals surface area contributed by atoms with Gasteiger partial charge in [-0.25, -0.2) is 0 Å². The van der Waals surface area contributed by atoms with Gasteiger partial charge in [-0.3, -0.25) is 4.90 Å². The molecule has 0 radical (unpaired) electrons. The van der Waals surface area contributed by atoms with Gasteiger partial charge in [-0.1, -0.05) is 18.2 Å². The van der Waals surface area contributed by atoms with E-state index < -0.39 is 0 Å². The van der Waals surface area contributed by atoms with Crippen molar-refractivity contribution in [2.75, 3.05) is 33.4 Å². The fourth-order valence-electron chi connectivity index (χ4n) is 2.03. The Bertz CT molecular complexity index is 483. The highest BCUT2D eigenvalue weighted by Gasteiger charge is 2.09. The van der Waals surface area contributed by atoms with Crippen LogP contribution in [-0.4, -0.2) is 43.4 Å². The van der Waals surface area contributed by atoms with Gasteiger partial charge in [-0.2, -0.15) is 0 Å². The number of ether oxygens (including phenoxy) is 1. The molecule has 0 amide bonds. The summed E-state index contributed by atoms with van der Waals surface area (Å²) < 4.78 is 6.43. The second-order valence-electron chi connectivity index (χ2n) is 4.25. The van der Waals surface area contributed by atoms with Crippen molar-refractivity contribution in [2.24, 2.45) is 0 Å². The van der Waals surface area contributed by atoms with Crippen LogP contribution >= 0.6 is 11.3 Å². The van der Waals surface area contributed by atoms with E-state index in [0.717, 1.165) is 13.1 Å². The van der Waals surface area contributed by atoms with Crippen LogP contribution in [0.1, 0.15) is 5.56 Å². The molecule has 0 atom stereocenters. The highest BCUT2D eigenvalue weighted by Crippen LogP contribution is 2.26. The zero-order valence-corrected chi connectivity index (χ0v) is 11.4. The maximum absolute atomic E-state index is 9.10. The highest BCUT2D eigenvalue weighted by molar-refractivity contribution is 7.17. The SMILES string of the molecule is COCCN(CCO)Cc1csc2ccccc12. The first kappa shape index (κ1) is 13.5. The van der Waals surface area contributed by atoms with Gasteiger partial charge in [-0.15, -0.1) is 11.3 Å². The average Bonchev–Trinajstić information content (AvgIpc) is 2.80. The van der Waals surface area contributed by atoms with Crippen LogP contribution in [0.25, 0.3) is 10.1 Å². The fraction of sp³-hybridized carbons (Fsp3) is 0.429. The van der Waals surface area contributed by atoms with Crippen LogP contribution in [0.5, 0.6) is 0 Å². The number of methoxy groups -OCH3 is 1. The van der Waals surface area contributed by atoms with Gasteiger partial charge in [0.25, 0.3) is 0 Å². The summed E-state index contributed by atoms with van der Waals surface area (Å²) in [6.45, 7) is 3.29. The number of hydrogen-bond donors (Lipinski definition) is 1. The van der Waals surface area contributed by atoms with Crippen LogP contribution in [0.2, 0.25) is 0 Å². The van der Waals surface area contributed by atoms with Crippen molar-refractivity contribution < 1.29 is 9.84 Å². The zero-order valence-electron chi connectivity index (χ0n) is 10.6. The minimum absolute atomic E-state index is 0.186. The summed E-state index contributed by atoms with van der Waals surface area (Å²) in [5, 5.41) is 12.6. The summed E-state index contributed by atoms with van der Waals surface area (Å²) in [6.07, 6.45) is 0. The van der Waals surface area contributed by atoms with E-state index in [1.807, 2.05) is 0 Å². The summed E-state index contributed by atoms with van der Waals surface area (Å²) in [4.78, 5) is 2.22. The summed E-state index contributed by atoms with van der Waals surface area (Å²) in [6, 6.07) is 8.45. The Labute approximate surface area is 112 Å². The number of aliphatic hydroxyl groups is 1. The molecule has 0 fully saturated rings. The van der Waals surface area contributed by atoms with Crippen LogP contribution in [0.4, 0.5) is 0 Å². The molecule has 4 heteroatoms. The van der Waals surface area contributed by atoms with Crippen LogP contribution in [-0.2, 0) is 11.3 Å². The monoisotopic (exact) mass is 265 g/mol. The van der Waals surface area contributed by atoms with Crippen molar-refractivity contribution in [3.63, 3.8) is 0 Å². The molecule has 1 aromatic heterocycles. The molecule has 2 aromatic rings. The lowest BCUT2D eigenvalue weighted by atomic mass is 10.1. The summed E-state index contributed by atoms with van der Waals surface area (Å²) in [5.74, 6) is 0. The number of aliphatic hydroxyl groups excluding tert-OH is 1. The molecule has 0 aliphatic rings. The quantitative estimate of drug-likeness (QED) is 0.834. The Morgan fingerprint density at radius 1 is 1.28 bits per heavy atom. The average molecular weight is 265 g/mol. The highest BCUT2D eigenvalue weighted by atomic mass is 32.1. The normalized spacial score (nSPS) is 11.5. The van der Waals surface area contributed by atoms with Gasteiger partial charge in [0, 0.05) is 31.4 Å². The molecule has 0 spiro atoms. The number of nitrogens with zero attached hydrogens (tertiary/aromatic N) is 1. The third-order valence-corrected chi connectivity index (χ3v) is 4.00. The maximum atomic E-state index is 9.10. The summed E-state index contributed by atoms with van der Waals surface area (Å²) in [7, 11) is 1.71. The van der Waals surface area contributed by atoms with Gasteiger partial charge >= 0.3 is 0 Å². The predicted octanol–water partition coefficient (Wildman–Crippen LogP) is 2.34. The lowest BCUT2D eigenvalue weighted by Gasteiger charge is -2.20. The lowest BCUT2D eigenvalue weighted by molar-refractivity contribution is 0.127. The van der Waals surface area contributed by atoms with E-state index in [9.17, 15) is 0 Å². The second kappa shape index (κ2) is 6.85. The van der Waals surface area contributed by atoms with E-state index in [-0.39, 0.29) is 6.61 Å². The topological polar surface area (TPSA) is 32.7 Å². The molecule has 0 aliphatic carbocycles. The Morgan fingerprint density at radius 3 is 2.89 bits per heavy atom. The first-order valence-corrected chi connectivity index (χ1v) is 7.00. The van der Waals surface area contributed by atoms with E-state index in [0.29, 0.717) is 13.2 Å². The molecule has 0 saturated carbocycles. The second-order valence-corrected chi connectivity index (χ2v) is 5.16. The largest absolute Gasteiger partial charge is 0.395 e. The number of fused-ring (bicyclic) bond motifs is 1. The molecule has 98 valence electrons. The maximum Gasteiger partial charge on any atom is 0.0589 e. The van der Waals surface area contributed by atoms with Gasteiger partial charge in [0.1, 0.15) is 0 Å². The number of hydrogen-bond acceptors (Lipinski definition) is 4. The Balaban J connectivity index is 2.10. The van der Waals surface area contributed by atoms with Crippen molar-refractivity contribution in [3.05, 3.63) is 35.2 Å². The molecule has 3 nitrogen and oxygen atoms in total. The Morgan fingerprint density at radius 2 is 2.11 bits per heavy atom. The van der Waals surface area contributed by atoms with E-state index in [4.69, 9.17) is 9.84 Å². The van der Waals surface area contributed by atoms with Crippen molar-refractivity contribution in [1.82, 2.24) is 4.90 Å². The fourth-order valence-corrected chi connectivity index (χ4v) is 2.98. The van der Waals surface area contributed by atoms with E-state index in [1.54, 1.807) is 18.4 Å². The molecule has 18 heavy (non-hydrogen) atoms. The summed E-state index contributed by atoms with van der Waals surface area (Å²) in [5.41, 5.74) is 1.33. The van der Waals surface area contributed by atoms with Crippen molar-refractivity contribution in [1.29, 1.82) is 0 Å². The Hall–Kier alpha value is -0.940. The number of rotatable bonds is 7. The molecule has 2 rings (SSSR count). The third-order valence-electron chi connectivity index (χ3n) is 2.98. The zero-order chi connectivity index (χ0) is 12.8. The Kier molecular flexibility index (Phi) is 5.13. The summed E-state index contributed by atoms with van der Waals surface area (Å²) >= 11 is 1.78. The molecule has 0 saturated heterocycles. The minimum Gasteiger partial charge on any atom is -0.395 e. The minimum atomic E-state index is 0.186. The van der Waals surface area contributed by atoms with Gasteiger partial charge in [0.2, 0.25) is 0 Å². The van der Waals surface area contributed by atoms with E-state index in [2.05, 4.69) is 34.5 Å². The lowest BCUT2D eigenvalue weighted by Crippen LogP contribution is -2.29. The smallest absolute Gasteiger partial charge is 0.0589 e. The predicted molar refractivity (Wildman–Crippen MR) is 76.1 cm³/mol. The number of thiophene rings is 1. The third kappa shape index (κ3) is 3.29. The molecule has 0 bridgehead atoms. The van der Waals surface area contributed by atoms with Crippen molar-refractivity contribution >= 4 is 21.4 Å². The van der Waals surface area contributed by atoms with Gasteiger partial charge in [0.05, 0.1) is 13.2 Å². The first-order valence-electron chi connectivity index (χ1n) is 6.12. The van der Waals surface area contributed by atoms with Crippen molar-refractivity contribution in [2.45, 2.75) is 6.54 Å². The number of benzene rings is 1. The molecular formula is C14H19NO2S. The van der Waals surface area contributed by atoms with Crippen LogP contribution in [0, 0.1) is 0 Å².